The van der Waals surface area contributed by atoms with Crippen LogP contribution in [0, 0.1) is 11.8 Å². The zero-order valence-electron chi connectivity index (χ0n) is 17.2. The molecule has 1 aromatic carbocycles. The molecular formula is C20H28N4O5. The molecule has 3 atom stereocenters. The predicted octanol–water partition coefficient (Wildman–Crippen LogP) is 1.79. The molecule has 9 nitrogen and oxygen atoms in total. The van der Waals surface area contributed by atoms with Gasteiger partial charge in [-0.25, -0.2) is 4.79 Å². The van der Waals surface area contributed by atoms with Gasteiger partial charge in [-0.2, -0.15) is 0 Å². The van der Waals surface area contributed by atoms with Crippen molar-refractivity contribution in [3.8, 4) is 0 Å². The molecule has 0 saturated heterocycles. The van der Waals surface area contributed by atoms with Crippen LogP contribution in [-0.4, -0.2) is 47.0 Å². The van der Waals surface area contributed by atoms with E-state index in [9.17, 15) is 19.2 Å². The van der Waals surface area contributed by atoms with Gasteiger partial charge in [0.25, 0.3) is 0 Å². The lowest BCUT2D eigenvalue weighted by atomic mass is 9.97. The summed E-state index contributed by atoms with van der Waals surface area (Å²) in [5.41, 5.74) is 1.04. The van der Waals surface area contributed by atoms with Crippen LogP contribution in [0.1, 0.15) is 34.6 Å². The fourth-order valence-electron chi connectivity index (χ4n) is 3.20. The molecule has 0 unspecified atom stereocenters. The van der Waals surface area contributed by atoms with Crippen LogP contribution in [0.4, 0.5) is 16.2 Å². The van der Waals surface area contributed by atoms with Gasteiger partial charge in [0.1, 0.15) is 18.1 Å². The molecule has 29 heavy (non-hydrogen) atoms. The summed E-state index contributed by atoms with van der Waals surface area (Å²) in [5, 5.41) is 16.9. The quantitative estimate of drug-likeness (QED) is 0.575. The average Bonchev–Trinajstić information content (AvgIpc) is 2.63. The molecule has 0 radical (unpaired) electrons. The molecule has 0 aliphatic carbocycles. The van der Waals surface area contributed by atoms with Gasteiger partial charge >= 0.3 is 12.0 Å². The second kappa shape index (κ2) is 8.93. The lowest BCUT2D eigenvalue weighted by Crippen LogP contribution is -2.61. The van der Waals surface area contributed by atoms with E-state index in [1.165, 1.54) is 11.8 Å². The number of amides is 4. The maximum absolute atomic E-state index is 13.2. The summed E-state index contributed by atoms with van der Waals surface area (Å²) in [6.45, 7) is 8.50. The monoisotopic (exact) mass is 404 g/mol. The van der Waals surface area contributed by atoms with Crippen molar-refractivity contribution in [2.75, 3.05) is 10.2 Å². The van der Waals surface area contributed by atoms with E-state index in [-0.39, 0.29) is 17.7 Å². The molecule has 1 aliphatic rings. The molecule has 2 rings (SSSR count). The number of rotatable bonds is 6. The van der Waals surface area contributed by atoms with Gasteiger partial charge in [0, 0.05) is 0 Å². The third-order valence-electron chi connectivity index (χ3n) is 4.78. The smallest absolute Gasteiger partial charge is 0.325 e. The number of para-hydroxylation sites is 2. The molecule has 9 heteroatoms. The number of carbonyl (C=O) groups is 4. The highest BCUT2D eigenvalue weighted by Gasteiger charge is 2.40. The van der Waals surface area contributed by atoms with Crippen molar-refractivity contribution in [3.63, 3.8) is 0 Å². The minimum atomic E-state index is -1.17. The highest BCUT2D eigenvalue weighted by atomic mass is 16.4. The Balaban J connectivity index is 2.32. The van der Waals surface area contributed by atoms with Crippen molar-refractivity contribution in [2.24, 2.45) is 11.8 Å². The Hall–Kier alpha value is -3.10. The second-order valence-corrected chi connectivity index (χ2v) is 7.80. The summed E-state index contributed by atoms with van der Waals surface area (Å²) in [7, 11) is 0. The van der Waals surface area contributed by atoms with Crippen molar-refractivity contribution in [2.45, 2.75) is 52.7 Å². The van der Waals surface area contributed by atoms with Gasteiger partial charge in [-0.05, 0) is 30.9 Å². The fourth-order valence-corrected chi connectivity index (χ4v) is 3.20. The number of nitrogens with one attached hydrogen (secondary N) is 3. The minimum Gasteiger partial charge on any atom is -0.480 e. The Morgan fingerprint density at radius 1 is 1.07 bits per heavy atom. The van der Waals surface area contributed by atoms with Crippen LogP contribution < -0.4 is 20.9 Å². The normalized spacial score (nSPS) is 18.0. The van der Waals surface area contributed by atoms with E-state index in [1.807, 2.05) is 13.8 Å². The first-order valence-electron chi connectivity index (χ1n) is 9.57. The number of hydrogen-bond acceptors (Lipinski definition) is 4. The van der Waals surface area contributed by atoms with Crippen molar-refractivity contribution in [1.82, 2.24) is 10.6 Å². The van der Waals surface area contributed by atoms with Crippen LogP contribution in [0.3, 0.4) is 0 Å². The molecule has 1 heterocycles. The van der Waals surface area contributed by atoms with E-state index in [1.54, 1.807) is 38.1 Å². The Morgan fingerprint density at radius 3 is 2.24 bits per heavy atom. The van der Waals surface area contributed by atoms with Gasteiger partial charge in [-0.3, -0.25) is 19.3 Å². The van der Waals surface area contributed by atoms with E-state index in [0.29, 0.717) is 11.4 Å². The molecule has 0 bridgehead atoms. The van der Waals surface area contributed by atoms with Crippen LogP contribution in [0.15, 0.2) is 24.3 Å². The summed E-state index contributed by atoms with van der Waals surface area (Å²) >= 11 is 0. The third kappa shape index (κ3) is 4.85. The first kappa shape index (κ1) is 22.2. The molecule has 0 saturated carbocycles. The van der Waals surface area contributed by atoms with Crippen molar-refractivity contribution in [3.05, 3.63) is 24.3 Å². The maximum atomic E-state index is 13.2. The summed E-state index contributed by atoms with van der Waals surface area (Å²) in [6, 6.07) is 3.53. The highest BCUT2D eigenvalue weighted by molar-refractivity contribution is 6.12. The molecule has 4 N–H and O–H groups in total. The van der Waals surface area contributed by atoms with Crippen molar-refractivity contribution >= 4 is 35.2 Å². The first-order chi connectivity index (χ1) is 13.5. The summed E-state index contributed by atoms with van der Waals surface area (Å²) in [4.78, 5) is 50.8. The Labute approximate surface area is 169 Å². The van der Waals surface area contributed by atoms with E-state index < -0.39 is 36.0 Å². The standard InChI is InChI=1S/C20H28N4O5/c1-10(2)15(17(25)21-12(5)19(27)28)23-20(29)24-14-9-7-6-8-13(14)22-18(26)16(24)11(3)4/h6-12,15-16H,1-5H3,(H,21,25)(H,22,26)(H,23,29)(H,27,28)/t12-,15+,16+/m0/s1. The van der Waals surface area contributed by atoms with E-state index in [4.69, 9.17) is 5.11 Å². The number of fused-ring (bicyclic) bond motifs is 1. The number of aliphatic carboxylic acids is 1. The third-order valence-corrected chi connectivity index (χ3v) is 4.78. The molecule has 0 fully saturated rings. The fraction of sp³-hybridized carbons (Fsp3) is 0.500. The number of carboxylic acids is 1. The summed E-state index contributed by atoms with van der Waals surface area (Å²) < 4.78 is 0. The van der Waals surface area contributed by atoms with Crippen LogP contribution in [0.2, 0.25) is 0 Å². The van der Waals surface area contributed by atoms with Gasteiger partial charge in [0.2, 0.25) is 11.8 Å². The number of urea groups is 1. The summed E-state index contributed by atoms with van der Waals surface area (Å²) in [5.74, 6) is -2.55. The number of nitrogens with zero attached hydrogens (tertiary/aromatic N) is 1. The van der Waals surface area contributed by atoms with Crippen LogP contribution >= 0.6 is 0 Å². The second-order valence-electron chi connectivity index (χ2n) is 7.80. The van der Waals surface area contributed by atoms with Gasteiger partial charge in [-0.15, -0.1) is 0 Å². The summed E-state index contributed by atoms with van der Waals surface area (Å²) in [6.07, 6.45) is 0. The molecule has 4 amide bonds. The zero-order valence-corrected chi connectivity index (χ0v) is 17.2. The van der Waals surface area contributed by atoms with Crippen LogP contribution in [0.5, 0.6) is 0 Å². The Bertz CT molecular complexity index is 808. The highest BCUT2D eigenvalue weighted by Crippen LogP contribution is 2.34. The maximum Gasteiger partial charge on any atom is 0.325 e. The van der Waals surface area contributed by atoms with E-state index in [0.717, 1.165) is 0 Å². The lowest BCUT2D eigenvalue weighted by Gasteiger charge is -2.39. The van der Waals surface area contributed by atoms with E-state index >= 15 is 0 Å². The van der Waals surface area contributed by atoms with Crippen LogP contribution in [0.25, 0.3) is 0 Å². The molecule has 0 aromatic heterocycles. The van der Waals surface area contributed by atoms with Gasteiger partial charge in [0.15, 0.2) is 0 Å². The van der Waals surface area contributed by atoms with Crippen molar-refractivity contribution in [1.29, 1.82) is 0 Å². The molecule has 1 aliphatic heterocycles. The number of hydrogen-bond donors (Lipinski definition) is 4. The molecular weight excluding hydrogens is 376 g/mol. The number of anilines is 2. The van der Waals surface area contributed by atoms with Crippen LogP contribution in [-0.2, 0) is 14.4 Å². The zero-order chi connectivity index (χ0) is 21.9. The molecule has 1 aromatic rings. The predicted molar refractivity (Wildman–Crippen MR) is 109 cm³/mol. The Morgan fingerprint density at radius 2 is 1.69 bits per heavy atom. The lowest BCUT2D eigenvalue weighted by molar-refractivity contribution is -0.141. The van der Waals surface area contributed by atoms with Gasteiger partial charge < -0.3 is 21.1 Å². The Kier molecular flexibility index (Phi) is 6.84. The SMILES string of the molecule is CC(C)[C@@H](NC(=O)N1c2ccccc2NC(=O)[C@H]1C(C)C)C(=O)N[C@@H](C)C(=O)O. The van der Waals surface area contributed by atoms with Gasteiger partial charge in [0.05, 0.1) is 11.4 Å². The van der Waals surface area contributed by atoms with E-state index in [2.05, 4.69) is 16.0 Å². The average molecular weight is 404 g/mol. The molecule has 0 spiro atoms. The van der Waals surface area contributed by atoms with Crippen molar-refractivity contribution < 1.29 is 24.3 Å². The minimum absolute atomic E-state index is 0.174. The number of carboxylic acid groups (broad SMARTS) is 1. The first-order valence-corrected chi connectivity index (χ1v) is 9.57. The number of carbonyl (C=O) groups excluding carboxylic acids is 3. The number of benzene rings is 1. The van der Waals surface area contributed by atoms with Gasteiger partial charge in [-0.1, -0.05) is 39.8 Å². The largest absolute Gasteiger partial charge is 0.480 e. The topological polar surface area (TPSA) is 128 Å². The molecule has 158 valence electrons.